The summed E-state index contributed by atoms with van der Waals surface area (Å²) in [6.45, 7) is 1.89. The summed E-state index contributed by atoms with van der Waals surface area (Å²) < 4.78 is 0. The summed E-state index contributed by atoms with van der Waals surface area (Å²) in [5.41, 5.74) is 1.98. The van der Waals surface area contributed by atoms with Crippen molar-refractivity contribution in [3.8, 4) is 0 Å². The maximum absolute atomic E-state index is 13.0. The van der Waals surface area contributed by atoms with Crippen molar-refractivity contribution in [2.45, 2.75) is 44.6 Å². The van der Waals surface area contributed by atoms with Crippen LogP contribution in [0.25, 0.3) is 10.8 Å². The zero-order chi connectivity index (χ0) is 16.1. The number of likely N-dealkylation sites (tertiary alicyclic amines) is 1. The van der Waals surface area contributed by atoms with Gasteiger partial charge in [0.15, 0.2) is 0 Å². The first-order valence-corrected chi connectivity index (χ1v) is 9.40. The van der Waals surface area contributed by atoms with E-state index in [1.54, 1.807) is 0 Å². The molecule has 2 fully saturated rings. The minimum absolute atomic E-state index is 0.180. The lowest BCUT2D eigenvalue weighted by atomic mass is 9.78. The van der Waals surface area contributed by atoms with Crippen molar-refractivity contribution in [1.29, 1.82) is 0 Å². The van der Waals surface area contributed by atoms with Gasteiger partial charge < -0.3 is 0 Å². The highest BCUT2D eigenvalue weighted by Crippen LogP contribution is 2.39. The van der Waals surface area contributed by atoms with E-state index in [9.17, 15) is 4.79 Å². The van der Waals surface area contributed by atoms with E-state index in [1.807, 2.05) is 17.0 Å². The molecule has 5 rings (SSSR count). The second-order valence-corrected chi connectivity index (χ2v) is 7.62. The lowest BCUT2D eigenvalue weighted by Gasteiger charge is -2.45. The van der Waals surface area contributed by atoms with Gasteiger partial charge in [-0.05, 0) is 49.1 Å². The monoisotopic (exact) mass is 320 g/mol. The van der Waals surface area contributed by atoms with Gasteiger partial charge in [-0.3, -0.25) is 14.6 Å². The molecule has 3 nitrogen and oxygen atoms in total. The highest BCUT2D eigenvalue weighted by Gasteiger charge is 2.37. The van der Waals surface area contributed by atoms with E-state index in [-0.39, 0.29) is 5.91 Å². The van der Waals surface area contributed by atoms with Crippen molar-refractivity contribution in [2.75, 3.05) is 18.1 Å². The van der Waals surface area contributed by atoms with Crippen LogP contribution < -0.4 is 4.90 Å². The largest absolute Gasteiger partial charge is 0.294 e. The van der Waals surface area contributed by atoms with Gasteiger partial charge in [0.2, 0.25) is 0 Å². The SMILES string of the molecule is O=C1c2cccc3cccc(c23)N1CN1CCC[C@@H]2CCCC[C@@H]21. The van der Waals surface area contributed by atoms with Crippen LogP contribution in [0.5, 0.6) is 0 Å². The number of nitrogens with zero attached hydrogens (tertiary/aromatic N) is 2. The van der Waals surface area contributed by atoms with E-state index in [1.165, 1.54) is 43.9 Å². The normalized spacial score (nSPS) is 26.8. The van der Waals surface area contributed by atoms with Gasteiger partial charge in [0.25, 0.3) is 5.91 Å². The third-order valence-corrected chi connectivity index (χ3v) is 6.33. The molecule has 2 heterocycles. The summed E-state index contributed by atoms with van der Waals surface area (Å²) in [7, 11) is 0. The Morgan fingerprint density at radius 1 is 0.958 bits per heavy atom. The van der Waals surface area contributed by atoms with E-state index in [2.05, 4.69) is 29.2 Å². The van der Waals surface area contributed by atoms with Crippen LogP contribution in [-0.4, -0.2) is 30.1 Å². The zero-order valence-corrected chi connectivity index (χ0v) is 14.1. The molecular formula is C21H24N2O. The molecule has 1 amide bonds. The molecule has 24 heavy (non-hydrogen) atoms. The van der Waals surface area contributed by atoms with Crippen LogP contribution in [0.1, 0.15) is 48.9 Å². The second kappa shape index (κ2) is 5.59. The fraction of sp³-hybridized carbons (Fsp3) is 0.476. The second-order valence-electron chi connectivity index (χ2n) is 7.62. The predicted octanol–water partition coefficient (Wildman–Crippen LogP) is 4.41. The van der Waals surface area contributed by atoms with E-state index < -0.39 is 0 Å². The molecule has 0 aromatic heterocycles. The van der Waals surface area contributed by atoms with Crippen molar-refractivity contribution < 1.29 is 4.79 Å². The van der Waals surface area contributed by atoms with Crippen molar-refractivity contribution in [1.82, 2.24) is 4.90 Å². The summed E-state index contributed by atoms with van der Waals surface area (Å²) in [5, 5.41) is 2.32. The molecule has 1 aliphatic carbocycles. The average Bonchev–Trinajstić information content (AvgIpc) is 2.90. The lowest BCUT2D eigenvalue weighted by Crippen LogP contribution is -2.51. The molecule has 0 unspecified atom stereocenters. The average molecular weight is 320 g/mol. The molecule has 0 spiro atoms. The first kappa shape index (κ1) is 14.5. The highest BCUT2D eigenvalue weighted by molar-refractivity contribution is 6.24. The fourth-order valence-electron chi connectivity index (χ4n) is 5.20. The smallest absolute Gasteiger partial charge is 0.260 e. The molecule has 2 aliphatic heterocycles. The Kier molecular flexibility index (Phi) is 3.37. The summed E-state index contributed by atoms with van der Waals surface area (Å²) in [6, 6.07) is 13.1. The van der Waals surface area contributed by atoms with Gasteiger partial charge >= 0.3 is 0 Å². The molecular weight excluding hydrogens is 296 g/mol. The number of anilines is 1. The molecule has 0 N–H and O–H groups in total. The molecule has 124 valence electrons. The minimum atomic E-state index is 0.180. The Balaban J connectivity index is 1.48. The van der Waals surface area contributed by atoms with Crippen LogP contribution in [-0.2, 0) is 0 Å². The minimum Gasteiger partial charge on any atom is -0.294 e. The van der Waals surface area contributed by atoms with Gasteiger partial charge in [-0.1, -0.05) is 37.1 Å². The first-order valence-electron chi connectivity index (χ1n) is 9.40. The molecule has 1 saturated carbocycles. The van der Waals surface area contributed by atoms with E-state index in [4.69, 9.17) is 0 Å². The van der Waals surface area contributed by atoms with Crippen LogP contribution in [0, 0.1) is 5.92 Å². The van der Waals surface area contributed by atoms with Crippen LogP contribution in [0.2, 0.25) is 0 Å². The lowest BCUT2D eigenvalue weighted by molar-refractivity contribution is 0.0585. The number of rotatable bonds is 2. The van der Waals surface area contributed by atoms with Crippen molar-refractivity contribution >= 4 is 22.4 Å². The number of carbonyl (C=O) groups excluding carboxylic acids is 1. The highest BCUT2D eigenvalue weighted by atomic mass is 16.2. The Hall–Kier alpha value is -1.87. The van der Waals surface area contributed by atoms with Gasteiger partial charge in [-0.25, -0.2) is 0 Å². The Bertz CT molecular complexity index is 792. The van der Waals surface area contributed by atoms with Crippen LogP contribution in [0.3, 0.4) is 0 Å². The standard InChI is InChI=1S/C21H24N2O/c24-21-17-10-3-7-16-8-4-12-19(20(16)17)23(21)14-22-13-5-9-15-6-1-2-11-18(15)22/h3-4,7-8,10,12,15,18H,1-2,5-6,9,11,13-14H2/t15-,18-/m0/s1. The van der Waals surface area contributed by atoms with E-state index >= 15 is 0 Å². The number of piperidine rings is 1. The summed E-state index contributed by atoms with van der Waals surface area (Å²) in [6.07, 6.45) is 8.09. The van der Waals surface area contributed by atoms with Gasteiger partial charge in [0.1, 0.15) is 0 Å². The number of hydrogen-bond donors (Lipinski definition) is 0. The molecule has 0 bridgehead atoms. The molecule has 2 aromatic rings. The van der Waals surface area contributed by atoms with Crippen LogP contribution in [0.15, 0.2) is 36.4 Å². The van der Waals surface area contributed by atoms with Crippen molar-refractivity contribution in [3.05, 3.63) is 42.0 Å². The number of benzene rings is 2. The molecule has 3 aliphatic rings. The molecule has 2 aromatic carbocycles. The first-order chi connectivity index (χ1) is 11.8. The topological polar surface area (TPSA) is 23.6 Å². The number of amides is 1. The van der Waals surface area contributed by atoms with E-state index in [0.717, 1.165) is 35.8 Å². The maximum Gasteiger partial charge on any atom is 0.260 e. The van der Waals surface area contributed by atoms with Crippen molar-refractivity contribution in [3.63, 3.8) is 0 Å². The Morgan fingerprint density at radius 2 is 1.75 bits per heavy atom. The van der Waals surface area contributed by atoms with Gasteiger partial charge in [0.05, 0.1) is 12.4 Å². The molecule has 1 saturated heterocycles. The van der Waals surface area contributed by atoms with Crippen molar-refractivity contribution in [2.24, 2.45) is 5.92 Å². The van der Waals surface area contributed by atoms with E-state index in [0.29, 0.717) is 6.04 Å². The number of fused-ring (bicyclic) bond motifs is 1. The van der Waals surface area contributed by atoms with Crippen LogP contribution >= 0.6 is 0 Å². The summed E-state index contributed by atoms with van der Waals surface area (Å²) >= 11 is 0. The quantitative estimate of drug-likeness (QED) is 0.818. The number of carbonyl (C=O) groups is 1. The van der Waals surface area contributed by atoms with Gasteiger partial charge in [0, 0.05) is 23.5 Å². The Morgan fingerprint density at radius 3 is 2.67 bits per heavy atom. The summed E-state index contributed by atoms with van der Waals surface area (Å²) in [5.74, 6) is 1.03. The molecule has 0 radical (unpaired) electrons. The maximum atomic E-state index is 13.0. The zero-order valence-electron chi connectivity index (χ0n) is 14.1. The number of hydrogen-bond acceptors (Lipinski definition) is 2. The van der Waals surface area contributed by atoms with Gasteiger partial charge in [-0.15, -0.1) is 0 Å². The summed E-state index contributed by atoms with van der Waals surface area (Å²) in [4.78, 5) is 17.6. The fourth-order valence-corrected chi connectivity index (χ4v) is 5.20. The van der Waals surface area contributed by atoms with Crippen LogP contribution in [0.4, 0.5) is 5.69 Å². The third-order valence-electron chi connectivity index (χ3n) is 6.33. The van der Waals surface area contributed by atoms with Gasteiger partial charge in [-0.2, -0.15) is 0 Å². The third kappa shape index (κ3) is 2.11. The predicted molar refractivity (Wildman–Crippen MR) is 97.3 cm³/mol. The molecule has 2 atom stereocenters. The Labute approximate surface area is 143 Å². The molecule has 3 heteroatoms.